The van der Waals surface area contributed by atoms with Crippen molar-refractivity contribution in [2.45, 2.75) is 26.4 Å². The standard InChI is InChI=1S/C16H18N4O2/c1-11-8-12(2)19-16(18-11)22-14-5-7-20(10-14)15(21)13-4-3-6-17-9-13/h3-4,6,8-9,14H,5,7,10H2,1-2H3/t14-/m0/s1. The maximum absolute atomic E-state index is 12.4. The lowest BCUT2D eigenvalue weighted by molar-refractivity contribution is 0.0769. The number of pyridine rings is 1. The van der Waals surface area contributed by atoms with E-state index in [2.05, 4.69) is 15.0 Å². The van der Waals surface area contributed by atoms with E-state index < -0.39 is 0 Å². The topological polar surface area (TPSA) is 68.2 Å². The third-order valence-electron chi connectivity index (χ3n) is 3.57. The number of carbonyl (C=O) groups is 1. The maximum atomic E-state index is 12.4. The lowest BCUT2D eigenvalue weighted by Gasteiger charge is -2.16. The zero-order valence-corrected chi connectivity index (χ0v) is 12.7. The number of amides is 1. The Morgan fingerprint density at radius 2 is 2.09 bits per heavy atom. The van der Waals surface area contributed by atoms with Crippen molar-refractivity contribution in [1.29, 1.82) is 0 Å². The van der Waals surface area contributed by atoms with Gasteiger partial charge in [-0.3, -0.25) is 9.78 Å². The maximum Gasteiger partial charge on any atom is 0.317 e. The third-order valence-corrected chi connectivity index (χ3v) is 3.57. The van der Waals surface area contributed by atoms with Crippen LogP contribution in [0.2, 0.25) is 0 Å². The molecule has 3 rings (SSSR count). The smallest absolute Gasteiger partial charge is 0.317 e. The molecule has 1 fully saturated rings. The number of aryl methyl sites for hydroxylation is 2. The number of hydrogen-bond donors (Lipinski definition) is 0. The molecule has 1 saturated heterocycles. The van der Waals surface area contributed by atoms with E-state index in [1.54, 1.807) is 29.4 Å². The van der Waals surface area contributed by atoms with Gasteiger partial charge in [0.15, 0.2) is 0 Å². The van der Waals surface area contributed by atoms with E-state index in [4.69, 9.17) is 4.74 Å². The van der Waals surface area contributed by atoms with Crippen LogP contribution >= 0.6 is 0 Å². The average Bonchev–Trinajstić information content (AvgIpc) is 2.95. The van der Waals surface area contributed by atoms with Crippen LogP contribution in [0.4, 0.5) is 0 Å². The SMILES string of the molecule is Cc1cc(C)nc(O[C@H]2CCN(C(=O)c3cccnc3)C2)n1. The predicted molar refractivity (Wildman–Crippen MR) is 80.7 cm³/mol. The van der Waals surface area contributed by atoms with Crippen LogP contribution in [0.1, 0.15) is 28.2 Å². The fraction of sp³-hybridized carbons (Fsp3) is 0.375. The molecule has 2 aromatic rings. The molecule has 6 nitrogen and oxygen atoms in total. The monoisotopic (exact) mass is 298 g/mol. The van der Waals surface area contributed by atoms with E-state index in [9.17, 15) is 4.79 Å². The van der Waals surface area contributed by atoms with Crippen molar-refractivity contribution in [3.8, 4) is 6.01 Å². The van der Waals surface area contributed by atoms with Crippen molar-refractivity contribution in [3.63, 3.8) is 0 Å². The number of likely N-dealkylation sites (tertiary alicyclic amines) is 1. The summed E-state index contributed by atoms with van der Waals surface area (Å²) in [4.78, 5) is 26.7. The molecule has 0 saturated carbocycles. The summed E-state index contributed by atoms with van der Waals surface area (Å²) in [5.41, 5.74) is 2.36. The number of ether oxygens (including phenoxy) is 1. The molecule has 114 valence electrons. The number of rotatable bonds is 3. The molecular weight excluding hydrogens is 280 g/mol. The molecule has 6 heteroatoms. The summed E-state index contributed by atoms with van der Waals surface area (Å²) in [6.45, 7) is 5.04. The molecule has 3 heterocycles. The fourth-order valence-corrected chi connectivity index (χ4v) is 2.58. The van der Waals surface area contributed by atoms with Gasteiger partial charge in [-0.25, -0.2) is 9.97 Å². The minimum absolute atomic E-state index is 0.0134. The largest absolute Gasteiger partial charge is 0.458 e. The molecule has 0 N–H and O–H groups in total. The van der Waals surface area contributed by atoms with Gasteiger partial charge in [0.25, 0.3) is 5.91 Å². The highest BCUT2D eigenvalue weighted by molar-refractivity contribution is 5.94. The third kappa shape index (κ3) is 3.21. The summed E-state index contributed by atoms with van der Waals surface area (Å²) in [5, 5.41) is 0. The Balaban J connectivity index is 1.64. The van der Waals surface area contributed by atoms with Crippen LogP contribution < -0.4 is 4.74 Å². The minimum Gasteiger partial charge on any atom is -0.458 e. The van der Waals surface area contributed by atoms with Gasteiger partial charge in [-0.05, 0) is 32.0 Å². The van der Waals surface area contributed by atoms with Gasteiger partial charge >= 0.3 is 6.01 Å². The van der Waals surface area contributed by atoms with E-state index in [1.807, 2.05) is 19.9 Å². The Morgan fingerprint density at radius 1 is 1.32 bits per heavy atom. The second kappa shape index (κ2) is 6.09. The van der Waals surface area contributed by atoms with Crippen LogP contribution in [0.5, 0.6) is 6.01 Å². The highest BCUT2D eigenvalue weighted by Crippen LogP contribution is 2.18. The number of carbonyl (C=O) groups excluding carboxylic acids is 1. The number of aromatic nitrogens is 3. The first-order valence-corrected chi connectivity index (χ1v) is 7.30. The molecular formula is C16H18N4O2. The van der Waals surface area contributed by atoms with Crippen molar-refractivity contribution >= 4 is 5.91 Å². The quantitative estimate of drug-likeness (QED) is 0.864. The van der Waals surface area contributed by atoms with Gasteiger partial charge in [0, 0.05) is 36.7 Å². The molecule has 2 aromatic heterocycles. The summed E-state index contributed by atoms with van der Waals surface area (Å²) in [6.07, 6.45) is 3.96. The van der Waals surface area contributed by atoms with Gasteiger partial charge in [0.05, 0.1) is 12.1 Å². The molecule has 0 aromatic carbocycles. The Bertz CT molecular complexity index is 655. The molecule has 0 aliphatic carbocycles. The zero-order chi connectivity index (χ0) is 15.5. The van der Waals surface area contributed by atoms with Crippen molar-refractivity contribution in [2.75, 3.05) is 13.1 Å². The van der Waals surface area contributed by atoms with Crippen LogP contribution in [-0.4, -0.2) is 45.0 Å². The molecule has 0 unspecified atom stereocenters. The van der Waals surface area contributed by atoms with E-state index in [1.165, 1.54) is 0 Å². The molecule has 22 heavy (non-hydrogen) atoms. The Morgan fingerprint density at radius 3 is 2.77 bits per heavy atom. The minimum atomic E-state index is -0.0678. The molecule has 1 aliphatic rings. The van der Waals surface area contributed by atoms with Crippen molar-refractivity contribution in [3.05, 3.63) is 47.5 Å². The molecule has 1 amide bonds. The number of hydrogen-bond acceptors (Lipinski definition) is 5. The van der Waals surface area contributed by atoms with Gasteiger partial charge in [0.2, 0.25) is 0 Å². The lowest BCUT2D eigenvalue weighted by atomic mass is 10.2. The van der Waals surface area contributed by atoms with Crippen LogP contribution in [0.15, 0.2) is 30.6 Å². The van der Waals surface area contributed by atoms with Crippen LogP contribution in [0.3, 0.4) is 0 Å². The van der Waals surface area contributed by atoms with Gasteiger partial charge < -0.3 is 9.64 Å². The first-order chi connectivity index (χ1) is 10.6. The second-order valence-corrected chi connectivity index (χ2v) is 5.45. The van der Waals surface area contributed by atoms with Crippen LogP contribution in [0, 0.1) is 13.8 Å². The summed E-state index contributed by atoms with van der Waals surface area (Å²) in [7, 11) is 0. The summed E-state index contributed by atoms with van der Waals surface area (Å²) >= 11 is 0. The van der Waals surface area contributed by atoms with Gasteiger partial charge in [0.1, 0.15) is 6.10 Å². The Labute approximate surface area is 129 Å². The lowest BCUT2D eigenvalue weighted by Crippen LogP contribution is -2.31. The summed E-state index contributed by atoms with van der Waals surface area (Å²) in [6, 6.07) is 5.83. The molecule has 1 aliphatic heterocycles. The summed E-state index contributed by atoms with van der Waals surface area (Å²) < 4.78 is 5.82. The molecule has 0 spiro atoms. The highest BCUT2D eigenvalue weighted by atomic mass is 16.5. The van der Waals surface area contributed by atoms with Gasteiger partial charge in [-0.15, -0.1) is 0 Å². The van der Waals surface area contributed by atoms with Gasteiger partial charge in [-0.2, -0.15) is 0 Å². The number of nitrogens with zero attached hydrogens (tertiary/aromatic N) is 4. The molecule has 0 bridgehead atoms. The predicted octanol–water partition coefficient (Wildman–Crippen LogP) is 1.78. The molecule has 1 atom stereocenters. The van der Waals surface area contributed by atoms with Crippen molar-refractivity contribution < 1.29 is 9.53 Å². The van der Waals surface area contributed by atoms with Crippen LogP contribution in [0.25, 0.3) is 0 Å². The van der Waals surface area contributed by atoms with E-state index in [-0.39, 0.29) is 12.0 Å². The molecule has 0 radical (unpaired) electrons. The van der Waals surface area contributed by atoms with Gasteiger partial charge in [-0.1, -0.05) is 0 Å². The van der Waals surface area contributed by atoms with Crippen molar-refractivity contribution in [1.82, 2.24) is 19.9 Å². The Hall–Kier alpha value is -2.50. The van der Waals surface area contributed by atoms with E-state index in [0.717, 1.165) is 17.8 Å². The second-order valence-electron chi connectivity index (χ2n) is 5.45. The average molecular weight is 298 g/mol. The van der Waals surface area contributed by atoms with Crippen LogP contribution in [-0.2, 0) is 0 Å². The summed E-state index contributed by atoms with van der Waals surface area (Å²) in [5.74, 6) is -0.0134. The van der Waals surface area contributed by atoms with E-state index >= 15 is 0 Å². The van der Waals surface area contributed by atoms with E-state index in [0.29, 0.717) is 24.7 Å². The van der Waals surface area contributed by atoms with Crippen molar-refractivity contribution in [2.24, 2.45) is 0 Å². The first kappa shape index (κ1) is 14.4. The Kier molecular flexibility index (Phi) is 4.00. The zero-order valence-electron chi connectivity index (χ0n) is 12.7. The fourth-order valence-electron chi connectivity index (χ4n) is 2.58. The normalized spacial score (nSPS) is 17.5. The first-order valence-electron chi connectivity index (χ1n) is 7.30. The highest BCUT2D eigenvalue weighted by Gasteiger charge is 2.29.